The SMILES string of the molecule is Cc1nn(C)c(C)c1-c1ccnc(N2CCC(N)CC2)n1. The molecular weight excluding hydrogens is 264 g/mol. The second-order valence-electron chi connectivity index (χ2n) is 5.74. The van der Waals surface area contributed by atoms with Gasteiger partial charge in [-0.25, -0.2) is 9.97 Å². The first-order valence-electron chi connectivity index (χ1n) is 7.40. The van der Waals surface area contributed by atoms with E-state index in [9.17, 15) is 0 Å². The monoisotopic (exact) mass is 286 g/mol. The van der Waals surface area contributed by atoms with Gasteiger partial charge in [0.15, 0.2) is 0 Å². The van der Waals surface area contributed by atoms with Crippen molar-refractivity contribution >= 4 is 5.95 Å². The van der Waals surface area contributed by atoms with E-state index in [0.29, 0.717) is 6.04 Å². The first kappa shape index (κ1) is 14.0. The van der Waals surface area contributed by atoms with Crippen molar-refractivity contribution in [1.29, 1.82) is 0 Å². The second kappa shape index (κ2) is 5.44. The molecule has 0 atom stereocenters. The Morgan fingerprint density at radius 2 is 1.95 bits per heavy atom. The predicted octanol–water partition coefficient (Wildman–Crippen LogP) is 1.42. The van der Waals surface area contributed by atoms with E-state index in [1.807, 2.05) is 30.9 Å². The minimum atomic E-state index is 0.312. The summed E-state index contributed by atoms with van der Waals surface area (Å²) in [7, 11) is 1.96. The molecule has 1 fully saturated rings. The van der Waals surface area contributed by atoms with Crippen LogP contribution in [0, 0.1) is 13.8 Å². The third-order valence-electron chi connectivity index (χ3n) is 4.23. The highest BCUT2D eigenvalue weighted by Gasteiger charge is 2.20. The molecule has 0 aromatic carbocycles. The summed E-state index contributed by atoms with van der Waals surface area (Å²) in [5.74, 6) is 0.794. The summed E-state index contributed by atoms with van der Waals surface area (Å²) in [6, 6.07) is 2.27. The number of rotatable bonds is 2. The maximum atomic E-state index is 5.96. The van der Waals surface area contributed by atoms with Crippen molar-refractivity contribution in [2.24, 2.45) is 12.8 Å². The van der Waals surface area contributed by atoms with Gasteiger partial charge in [-0.05, 0) is 32.8 Å². The minimum Gasteiger partial charge on any atom is -0.341 e. The molecule has 0 bridgehead atoms. The van der Waals surface area contributed by atoms with Crippen molar-refractivity contribution in [2.75, 3.05) is 18.0 Å². The highest BCUT2D eigenvalue weighted by atomic mass is 15.3. The van der Waals surface area contributed by atoms with E-state index in [4.69, 9.17) is 10.7 Å². The van der Waals surface area contributed by atoms with E-state index in [-0.39, 0.29) is 0 Å². The van der Waals surface area contributed by atoms with Gasteiger partial charge in [0.2, 0.25) is 5.95 Å². The van der Waals surface area contributed by atoms with Gasteiger partial charge in [-0.2, -0.15) is 5.10 Å². The second-order valence-corrected chi connectivity index (χ2v) is 5.74. The molecule has 0 aliphatic carbocycles. The lowest BCUT2D eigenvalue weighted by Crippen LogP contribution is -2.40. The smallest absolute Gasteiger partial charge is 0.225 e. The molecule has 3 rings (SSSR count). The number of anilines is 1. The lowest BCUT2D eigenvalue weighted by atomic mass is 10.1. The first-order valence-corrected chi connectivity index (χ1v) is 7.40. The van der Waals surface area contributed by atoms with Crippen LogP contribution < -0.4 is 10.6 Å². The summed E-state index contributed by atoms with van der Waals surface area (Å²) in [6.45, 7) is 5.94. The zero-order chi connectivity index (χ0) is 15.0. The number of nitrogens with zero attached hydrogens (tertiary/aromatic N) is 5. The van der Waals surface area contributed by atoms with Crippen LogP contribution in [0.15, 0.2) is 12.3 Å². The fourth-order valence-electron chi connectivity index (χ4n) is 2.88. The van der Waals surface area contributed by atoms with Crippen molar-refractivity contribution in [2.45, 2.75) is 32.7 Å². The van der Waals surface area contributed by atoms with Gasteiger partial charge in [0.25, 0.3) is 0 Å². The average molecular weight is 286 g/mol. The van der Waals surface area contributed by atoms with Crippen molar-refractivity contribution in [3.05, 3.63) is 23.7 Å². The van der Waals surface area contributed by atoms with Crippen LogP contribution in [-0.2, 0) is 7.05 Å². The van der Waals surface area contributed by atoms with E-state index < -0.39 is 0 Å². The summed E-state index contributed by atoms with van der Waals surface area (Å²) in [5, 5.41) is 4.47. The Bertz CT molecular complexity index is 640. The lowest BCUT2D eigenvalue weighted by Gasteiger charge is -2.30. The van der Waals surface area contributed by atoms with E-state index in [2.05, 4.69) is 21.9 Å². The molecule has 0 radical (unpaired) electrons. The summed E-state index contributed by atoms with van der Waals surface area (Å²) < 4.78 is 1.90. The zero-order valence-corrected chi connectivity index (χ0v) is 12.9. The van der Waals surface area contributed by atoms with Crippen LogP contribution in [0.25, 0.3) is 11.3 Å². The van der Waals surface area contributed by atoms with Crippen LogP contribution in [0.2, 0.25) is 0 Å². The van der Waals surface area contributed by atoms with Gasteiger partial charge in [0, 0.05) is 43.6 Å². The normalized spacial score (nSPS) is 16.5. The fraction of sp³-hybridized carbons (Fsp3) is 0.533. The van der Waals surface area contributed by atoms with Gasteiger partial charge in [0.1, 0.15) is 0 Å². The Kier molecular flexibility index (Phi) is 3.63. The molecule has 1 aliphatic heterocycles. The standard InChI is InChI=1S/C15H22N6/c1-10-14(11(2)20(3)19-10)13-4-7-17-15(18-13)21-8-5-12(16)6-9-21/h4,7,12H,5-6,8-9,16H2,1-3H3. The van der Waals surface area contributed by atoms with Gasteiger partial charge in [0.05, 0.1) is 11.4 Å². The third-order valence-corrected chi connectivity index (χ3v) is 4.23. The van der Waals surface area contributed by atoms with Crippen molar-refractivity contribution in [1.82, 2.24) is 19.7 Å². The summed E-state index contributed by atoms with van der Waals surface area (Å²) in [4.78, 5) is 11.4. The van der Waals surface area contributed by atoms with E-state index in [1.54, 1.807) is 0 Å². The number of piperidine rings is 1. The number of nitrogens with two attached hydrogens (primary N) is 1. The molecule has 0 amide bonds. The zero-order valence-electron chi connectivity index (χ0n) is 12.9. The summed E-state index contributed by atoms with van der Waals surface area (Å²) in [6.07, 6.45) is 3.83. The molecule has 2 aromatic heterocycles. The van der Waals surface area contributed by atoms with Gasteiger partial charge in [-0.15, -0.1) is 0 Å². The van der Waals surface area contributed by atoms with Crippen LogP contribution in [0.1, 0.15) is 24.2 Å². The van der Waals surface area contributed by atoms with Crippen molar-refractivity contribution < 1.29 is 0 Å². The Hall–Kier alpha value is -1.95. The predicted molar refractivity (Wildman–Crippen MR) is 83.1 cm³/mol. The maximum Gasteiger partial charge on any atom is 0.225 e. The van der Waals surface area contributed by atoms with Crippen molar-refractivity contribution in [3.63, 3.8) is 0 Å². The molecule has 0 unspecified atom stereocenters. The molecule has 1 aliphatic rings. The van der Waals surface area contributed by atoms with E-state index in [0.717, 1.165) is 54.5 Å². The number of aryl methyl sites for hydroxylation is 2. The topological polar surface area (TPSA) is 72.9 Å². The Labute approximate surface area is 125 Å². The fourth-order valence-corrected chi connectivity index (χ4v) is 2.88. The van der Waals surface area contributed by atoms with E-state index >= 15 is 0 Å². The molecule has 3 heterocycles. The van der Waals surface area contributed by atoms with Crippen LogP contribution in [-0.4, -0.2) is 38.9 Å². The largest absolute Gasteiger partial charge is 0.341 e. The number of aromatic nitrogens is 4. The number of hydrogen-bond donors (Lipinski definition) is 1. The number of hydrogen-bond acceptors (Lipinski definition) is 5. The molecule has 2 N–H and O–H groups in total. The highest BCUT2D eigenvalue weighted by molar-refractivity contribution is 5.65. The van der Waals surface area contributed by atoms with Crippen molar-refractivity contribution in [3.8, 4) is 11.3 Å². The van der Waals surface area contributed by atoms with Gasteiger partial charge in [-0.1, -0.05) is 0 Å². The molecule has 2 aromatic rings. The van der Waals surface area contributed by atoms with Gasteiger partial charge in [-0.3, -0.25) is 4.68 Å². The van der Waals surface area contributed by atoms with Gasteiger partial charge < -0.3 is 10.6 Å². The van der Waals surface area contributed by atoms with Crippen LogP contribution in [0.3, 0.4) is 0 Å². The molecule has 6 heteroatoms. The maximum absolute atomic E-state index is 5.96. The molecule has 21 heavy (non-hydrogen) atoms. The summed E-state index contributed by atoms with van der Waals surface area (Å²) >= 11 is 0. The average Bonchev–Trinajstić information content (AvgIpc) is 2.73. The van der Waals surface area contributed by atoms with Crippen LogP contribution in [0.5, 0.6) is 0 Å². The third kappa shape index (κ3) is 2.63. The molecule has 1 saturated heterocycles. The Morgan fingerprint density at radius 3 is 2.57 bits per heavy atom. The minimum absolute atomic E-state index is 0.312. The Balaban J connectivity index is 1.93. The lowest BCUT2D eigenvalue weighted by molar-refractivity contribution is 0.495. The molecule has 6 nitrogen and oxygen atoms in total. The molecular formula is C15H22N6. The molecule has 0 saturated carbocycles. The van der Waals surface area contributed by atoms with Crippen LogP contribution in [0.4, 0.5) is 5.95 Å². The Morgan fingerprint density at radius 1 is 1.24 bits per heavy atom. The quantitative estimate of drug-likeness (QED) is 0.904. The van der Waals surface area contributed by atoms with Crippen LogP contribution >= 0.6 is 0 Å². The highest BCUT2D eigenvalue weighted by Crippen LogP contribution is 2.26. The first-order chi connectivity index (χ1) is 10.1. The molecule has 0 spiro atoms. The summed E-state index contributed by atoms with van der Waals surface area (Å²) in [5.41, 5.74) is 10.1. The van der Waals surface area contributed by atoms with Gasteiger partial charge >= 0.3 is 0 Å². The molecule has 112 valence electrons. The van der Waals surface area contributed by atoms with E-state index in [1.165, 1.54) is 0 Å².